The molecule has 0 aliphatic heterocycles. The second-order valence-corrected chi connectivity index (χ2v) is 8.34. The summed E-state index contributed by atoms with van der Waals surface area (Å²) in [6.45, 7) is 3.62. The summed E-state index contributed by atoms with van der Waals surface area (Å²) in [5.41, 5.74) is 7.45. The molecule has 12 heteroatoms. The van der Waals surface area contributed by atoms with Gasteiger partial charge in [0.05, 0.1) is 41.6 Å². The summed E-state index contributed by atoms with van der Waals surface area (Å²) in [6.07, 6.45) is 7.30. The van der Waals surface area contributed by atoms with Crippen LogP contribution in [0.4, 0.5) is 26.5 Å². The number of carboxylic acid groups (broad SMARTS) is 1. The van der Waals surface area contributed by atoms with E-state index >= 15 is 0 Å². The van der Waals surface area contributed by atoms with E-state index in [2.05, 4.69) is 31.0 Å². The second-order valence-electron chi connectivity index (χ2n) is 8.34. The molecule has 1 aliphatic carbocycles. The van der Waals surface area contributed by atoms with Crippen molar-refractivity contribution in [2.24, 2.45) is 11.7 Å². The smallest absolute Gasteiger partial charge is 0.404 e. The number of hydrogen-bond donors (Lipinski definition) is 5. The molecule has 1 aliphatic rings. The van der Waals surface area contributed by atoms with Crippen molar-refractivity contribution in [2.45, 2.75) is 38.8 Å². The van der Waals surface area contributed by atoms with Gasteiger partial charge in [0.15, 0.2) is 11.6 Å². The first-order valence-electron chi connectivity index (χ1n) is 10.7. The lowest BCUT2D eigenvalue weighted by atomic mass is 10.0. The molecule has 6 N–H and O–H groups in total. The number of nitrogens with two attached hydrogens (primary N) is 1. The molecule has 4 rings (SSSR count). The fourth-order valence-electron chi connectivity index (χ4n) is 3.73. The van der Waals surface area contributed by atoms with E-state index in [-0.39, 0.29) is 29.2 Å². The molecule has 0 radical (unpaired) electrons. The highest BCUT2D eigenvalue weighted by Crippen LogP contribution is 2.36. The van der Waals surface area contributed by atoms with Gasteiger partial charge in [-0.1, -0.05) is 0 Å². The van der Waals surface area contributed by atoms with Crippen molar-refractivity contribution in [1.29, 1.82) is 0 Å². The fourth-order valence-corrected chi connectivity index (χ4v) is 3.73. The van der Waals surface area contributed by atoms with Gasteiger partial charge in [0.25, 0.3) is 5.91 Å². The Hall–Kier alpha value is -4.22. The molecule has 0 bridgehead atoms. The quantitative estimate of drug-likeness (QED) is 0.320. The van der Waals surface area contributed by atoms with E-state index in [0.717, 1.165) is 24.5 Å². The topological polar surface area (TPSA) is 160 Å². The number of hydrogen-bond acceptors (Lipinski definition) is 7. The first-order valence-corrected chi connectivity index (χ1v) is 10.7. The van der Waals surface area contributed by atoms with Crippen LogP contribution in [-0.2, 0) is 0 Å². The molecule has 1 fully saturated rings. The largest absolute Gasteiger partial charge is 0.465 e. The van der Waals surface area contributed by atoms with Crippen LogP contribution in [0.5, 0.6) is 0 Å². The third kappa shape index (κ3) is 5.22. The molecule has 11 nitrogen and oxygen atoms in total. The molecule has 0 unspecified atom stereocenters. The van der Waals surface area contributed by atoms with Crippen LogP contribution >= 0.6 is 0 Å². The van der Waals surface area contributed by atoms with Gasteiger partial charge in [0.2, 0.25) is 0 Å². The van der Waals surface area contributed by atoms with Crippen molar-refractivity contribution in [1.82, 2.24) is 25.1 Å². The Morgan fingerprint density at radius 1 is 1.24 bits per heavy atom. The molecule has 2 amide bonds. The maximum absolute atomic E-state index is 14.9. The second kappa shape index (κ2) is 9.33. The molecular weight excluding hydrogens is 443 g/mol. The Kier molecular flexibility index (Phi) is 6.30. The Balaban J connectivity index is 1.64. The predicted octanol–water partition coefficient (Wildman–Crippen LogP) is 2.80. The van der Waals surface area contributed by atoms with Gasteiger partial charge in [-0.15, -0.1) is 0 Å². The first kappa shape index (κ1) is 23.0. The highest BCUT2D eigenvalue weighted by molar-refractivity contribution is 5.98. The van der Waals surface area contributed by atoms with Gasteiger partial charge in [-0.2, -0.15) is 5.10 Å². The van der Waals surface area contributed by atoms with E-state index in [1.165, 1.54) is 6.20 Å². The first-order chi connectivity index (χ1) is 16.2. The lowest BCUT2D eigenvalue weighted by molar-refractivity contribution is 0.1000. The molecule has 0 spiro atoms. The third-order valence-corrected chi connectivity index (χ3v) is 5.53. The van der Waals surface area contributed by atoms with Gasteiger partial charge >= 0.3 is 6.09 Å². The number of carbonyl (C=O) groups excluding carboxylic acids is 1. The number of aromatic nitrogens is 4. The molecule has 34 heavy (non-hydrogen) atoms. The molecular formula is C22H25FN8O3. The number of carbonyl (C=O) groups is 2. The van der Waals surface area contributed by atoms with Crippen LogP contribution in [0.2, 0.25) is 0 Å². The van der Waals surface area contributed by atoms with Crippen molar-refractivity contribution in [3.05, 3.63) is 53.9 Å². The summed E-state index contributed by atoms with van der Waals surface area (Å²) in [5.74, 6) is -1.53. The summed E-state index contributed by atoms with van der Waals surface area (Å²) >= 11 is 0. The monoisotopic (exact) mass is 468 g/mol. The molecule has 3 heterocycles. The number of halogens is 1. The van der Waals surface area contributed by atoms with E-state index in [0.29, 0.717) is 11.4 Å². The SMILES string of the molecule is Cc1cnn(-c2cncc(Nc3nc(N[C@@H](C4CC4)[C@H](C)NC(=O)O)c(F)cc3C(N)=O)c2)c1. The normalized spacial score (nSPS) is 14.8. The maximum Gasteiger partial charge on any atom is 0.404 e. The van der Waals surface area contributed by atoms with E-state index in [4.69, 9.17) is 10.8 Å². The molecule has 0 aromatic carbocycles. The van der Waals surface area contributed by atoms with Gasteiger partial charge in [-0.3, -0.25) is 9.78 Å². The molecule has 2 atom stereocenters. The maximum atomic E-state index is 14.9. The van der Waals surface area contributed by atoms with Gasteiger partial charge in [0, 0.05) is 12.2 Å². The van der Waals surface area contributed by atoms with Crippen LogP contribution in [0.1, 0.15) is 35.7 Å². The molecule has 178 valence electrons. The number of nitrogens with one attached hydrogen (secondary N) is 3. The highest BCUT2D eigenvalue weighted by atomic mass is 19.1. The standard InChI is InChI=1S/C22H25FN8O3/c1-11-7-26-31(10-11)15-5-14(8-25-9-15)28-20-16(19(24)32)6-17(23)21(30-20)29-18(13-3-4-13)12(2)27-22(33)34/h5-10,12-13,18,27H,3-4H2,1-2H3,(H2,24,32)(H,33,34)(H2,28,29,30)/t12-,18+/m0/s1. The third-order valence-electron chi connectivity index (χ3n) is 5.53. The summed E-state index contributed by atoms with van der Waals surface area (Å²) in [5, 5.41) is 21.7. The van der Waals surface area contributed by atoms with Gasteiger partial charge in [-0.05, 0) is 50.3 Å². The van der Waals surface area contributed by atoms with E-state index in [9.17, 15) is 14.0 Å². The fraction of sp³-hybridized carbons (Fsp3) is 0.318. The van der Waals surface area contributed by atoms with Gasteiger partial charge < -0.3 is 26.8 Å². The van der Waals surface area contributed by atoms with Crippen LogP contribution in [0.15, 0.2) is 36.9 Å². The molecule has 0 saturated heterocycles. The molecule has 3 aromatic heterocycles. The average Bonchev–Trinajstić information content (AvgIpc) is 3.52. The number of primary amides is 1. The number of amides is 2. The summed E-state index contributed by atoms with van der Waals surface area (Å²) in [4.78, 5) is 31.5. The van der Waals surface area contributed by atoms with Crippen molar-refractivity contribution in [3.63, 3.8) is 0 Å². The minimum Gasteiger partial charge on any atom is -0.465 e. The Labute approximate surface area is 194 Å². The van der Waals surface area contributed by atoms with Crippen molar-refractivity contribution in [3.8, 4) is 5.69 Å². The number of aryl methyl sites for hydroxylation is 1. The summed E-state index contributed by atoms with van der Waals surface area (Å²) in [6, 6.07) is 1.89. The minimum absolute atomic E-state index is 0.0420. The van der Waals surface area contributed by atoms with Crippen molar-refractivity contribution >= 4 is 29.3 Å². The van der Waals surface area contributed by atoms with Crippen LogP contribution in [0.3, 0.4) is 0 Å². The number of nitrogens with zero attached hydrogens (tertiary/aromatic N) is 4. The Bertz CT molecular complexity index is 1230. The van der Waals surface area contributed by atoms with E-state index in [1.807, 2.05) is 13.1 Å². The Morgan fingerprint density at radius 3 is 2.62 bits per heavy atom. The van der Waals surface area contributed by atoms with Gasteiger partial charge in [0.1, 0.15) is 5.82 Å². The number of pyridine rings is 2. The average molecular weight is 468 g/mol. The lowest BCUT2D eigenvalue weighted by Crippen LogP contribution is -2.45. The van der Waals surface area contributed by atoms with Crippen molar-refractivity contribution in [2.75, 3.05) is 10.6 Å². The van der Waals surface area contributed by atoms with Crippen LogP contribution in [0.25, 0.3) is 5.69 Å². The molecule has 3 aromatic rings. The zero-order chi connectivity index (χ0) is 24.4. The zero-order valence-electron chi connectivity index (χ0n) is 18.6. The minimum atomic E-state index is -1.17. The number of anilines is 3. The van der Waals surface area contributed by atoms with Crippen molar-refractivity contribution < 1.29 is 19.1 Å². The van der Waals surface area contributed by atoms with Gasteiger partial charge in [-0.25, -0.2) is 18.9 Å². The van der Waals surface area contributed by atoms with Crippen LogP contribution in [0, 0.1) is 18.7 Å². The summed E-state index contributed by atoms with van der Waals surface area (Å²) in [7, 11) is 0. The Morgan fingerprint density at radius 2 is 2.00 bits per heavy atom. The zero-order valence-corrected chi connectivity index (χ0v) is 18.6. The molecule has 1 saturated carbocycles. The lowest BCUT2D eigenvalue weighted by Gasteiger charge is -2.26. The van der Waals surface area contributed by atoms with E-state index in [1.54, 1.807) is 30.1 Å². The highest BCUT2D eigenvalue weighted by Gasteiger charge is 2.36. The van der Waals surface area contributed by atoms with Crippen LogP contribution in [-0.4, -0.2) is 48.9 Å². The predicted molar refractivity (Wildman–Crippen MR) is 123 cm³/mol. The van der Waals surface area contributed by atoms with Crippen LogP contribution < -0.4 is 21.7 Å². The van der Waals surface area contributed by atoms with E-state index < -0.39 is 23.9 Å². The number of rotatable bonds is 9. The summed E-state index contributed by atoms with van der Waals surface area (Å²) < 4.78 is 16.5.